The van der Waals surface area contributed by atoms with E-state index in [9.17, 15) is 12.8 Å². The fourth-order valence-corrected chi connectivity index (χ4v) is 2.50. The molecule has 0 aliphatic carbocycles. The SMILES string of the molecule is Cc1ccc(F)c(NS(=O)(=O)c2cn[nH]c2N)c1. The molecule has 0 aliphatic heterocycles. The number of hydrogen-bond acceptors (Lipinski definition) is 4. The number of aryl methyl sites for hydroxylation is 1. The number of halogens is 1. The van der Waals surface area contributed by atoms with Gasteiger partial charge in [0.1, 0.15) is 16.5 Å². The van der Waals surface area contributed by atoms with Crippen molar-refractivity contribution in [2.75, 3.05) is 10.5 Å². The summed E-state index contributed by atoms with van der Waals surface area (Å²) in [6.45, 7) is 1.73. The second-order valence-corrected chi connectivity index (χ2v) is 5.39. The summed E-state index contributed by atoms with van der Waals surface area (Å²) in [5, 5.41) is 5.81. The summed E-state index contributed by atoms with van der Waals surface area (Å²) < 4.78 is 39.4. The monoisotopic (exact) mass is 270 g/mol. The van der Waals surface area contributed by atoms with E-state index < -0.39 is 15.8 Å². The smallest absolute Gasteiger partial charge is 0.267 e. The molecule has 0 atom stereocenters. The van der Waals surface area contributed by atoms with Gasteiger partial charge in [-0.25, -0.2) is 12.8 Å². The van der Waals surface area contributed by atoms with Crippen molar-refractivity contribution in [1.82, 2.24) is 10.2 Å². The molecule has 2 rings (SSSR count). The van der Waals surface area contributed by atoms with Gasteiger partial charge in [0.05, 0.1) is 11.9 Å². The van der Waals surface area contributed by atoms with Crippen molar-refractivity contribution < 1.29 is 12.8 Å². The van der Waals surface area contributed by atoms with E-state index in [0.29, 0.717) is 0 Å². The number of H-pyrrole nitrogens is 1. The molecule has 1 aromatic heterocycles. The summed E-state index contributed by atoms with van der Waals surface area (Å²) in [4.78, 5) is -0.219. The molecule has 0 fully saturated rings. The first-order valence-electron chi connectivity index (χ1n) is 4.98. The van der Waals surface area contributed by atoms with E-state index in [1.165, 1.54) is 12.1 Å². The van der Waals surface area contributed by atoms with Gasteiger partial charge < -0.3 is 5.73 Å². The number of hydrogen-bond donors (Lipinski definition) is 3. The molecule has 96 valence electrons. The van der Waals surface area contributed by atoms with E-state index in [4.69, 9.17) is 5.73 Å². The van der Waals surface area contributed by atoms with Crippen molar-refractivity contribution in [2.24, 2.45) is 0 Å². The molecule has 8 heteroatoms. The topological polar surface area (TPSA) is 101 Å². The predicted octanol–water partition coefficient (Wildman–Crippen LogP) is 1.24. The Morgan fingerprint density at radius 3 is 2.78 bits per heavy atom. The number of nitrogens with one attached hydrogen (secondary N) is 2. The van der Waals surface area contributed by atoms with Gasteiger partial charge in [-0.05, 0) is 24.6 Å². The second kappa shape index (κ2) is 4.30. The van der Waals surface area contributed by atoms with E-state index in [2.05, 4.69) is 14.9 Å². The Morgan fingerprint density at radius 2 is 2.17 bits per heavy atom. The van der Waals surface area contributed by atoms with Crippen LogP contribution >= 0.6 is 0 Å². The number of nitrogen functional groups attached to an aromatic ring is 1. The molecular formula is C10H11FN4O2S. The number of anilines is 2. The molecule has 0 amide bonds. The zero-order chi connectivity index (χ0) is 13.3. The van der Waals surface area contributed by atoms with Crippen LogP contribution in [-0.2, 0) is 10.0 Å². The molecular weight excluding hydrogens is 259 g/mol. The number of benzene rings is 1. The fraction of sp³-hybridized carbons (Fsp3) is 0.100. The quantitative estimate of drug-likeness (QED) is 0.781. The van der Waals surface area contributed by atoms with Gasteiger partial charge in [0.25, 0.3) is 10.0 Å². The molecule has 6 nitrogen and oxygen atoms in total. The molecule has 4 N–H and O–H groups in total. The molecule has 0 radical (unpaired) electrons. The van der Waals surface area contributed by atoms with Crippen LogP contribution in [0.5, 0.6) is 0 Å². The minimum absolute atomic E-state index is 0.101. The van der Waals surface area contributed by atoms with Crippen molar-refractivity contribution in [1.29, 1.82) is 0 Å². The van der Waals surface area contributed by atoms with Crippen LogP contribution < -0.4 is 10.5 Å². The third-order valence-corrected chi connectivity index (χ3v) is 3.68. The van der Waals surface area contributed by atoms with Crippen molar-refractivity contribution in [2.45, 2.75) is 11.8 Å². The van der Waals surface area contributed by atoms with Gasteiger partial charge in [0.2, 0.25) is 0 Å². The van der Waals surface area contributed by atoms with Crippen LogP contribution in [0.15, 0.2) is 29.3 Å². The van der Waals surface area contributed by atoms with Crippen LogP contribution in [0.3, 0.4) is 0 Å². The Kier molecular flexibility index (Phi) is 2.95. The molecule has 0 spiro atoms. The van der Waals surface area contributed by atoms with Crippen LogP contribution in [0.2, 0.25) is 0 Å². The maximum atomic E-state index is 13.5. The van der Waals surface area contributed by atoms with Crippen LogP contribution in [-0.4, -0.2) is 18.6 Å². The summed E-state index contributed by atoms with van der Waals surface area (Å²) >= 11 is 0. The molecule has 0 saturated carbocycles. The minimum Gasteiger partial charge on any atom is -0.383 e. The van der Waals surface area contributed by atoms with Crippen LogP contribution in [0.4, 0.5) is 15.9 Å². The maximum Gasteiger partial charge on any atom is 0.267 e. The van der Waals surface area contributed by atoms with E-state index in [1.54, 1.807) is 13.0 Å². The van der Waals surface area contributed by atoms with Crippen molar-refractivity contribution in [3.8, 4) is 0 Å². The zero-order valence-corrected chi connectivity index (χ0v) is 10.3. The zero-order valence-electron chi connectivity index (χ0n) is 9.44. The Labute approximate surface area is 103 Å². The standard InChI is InChI=1S/C10H11FN4O2S/c1-6-2-3-7(11)8(4-6)15-18(16,17)9-5-13-14-10(9)12/h2-5,15H,1H3,(H3,12,13,14). The molecule has 0 aliphatic rings. The highest BCUT2D eigenvalue weighted by Crippen LogP contribution is 2.22. The van der Waals surface area contributed by atoms with Gasteiger partial charge in [-0.3, -0.25) is 9.82 Å². The Bertz CT molecular complexity index is 681. The molecule has 18 heavy (non-hydrogen) atoms. The van der Waals surface area contributed by atoms with Gasteiger partial charge in [-0.2, -0.15) is 5.10 Å². The highest BCUT2D eigenvalue weighted by molar-refractivity contribution is 7.92. The van der Waals surface area contributed by atoms with Crippen molar-refractivity contribution >= 4 is 21.5 Å². The lowest BCUT2D eigenvalue weighted by Gasteiger charge is -2.08. The summed E-state index contributed by atoms with van der Waals surface area (Å²) in [6, 6.07) is 4.12. The summed E-state index contributed by atoms with van der Waals surface area (Å²) in [5.41, 5.74) is 6.02. The molecule has 1 heterocycles. The van der Waals surface area contributed by atoms with Crippen LogP contribution in [0.25, 0.3) is 0 Å². The number of aromatic nitrogens is 2. The lowest BCUT2D eigenvalue weighted by atomic mass is 10.2. The predicted molar refractivity (Wildman–Crippen MR) is 64.9 cm³/mol. The van der Waals surface area contributed by atoms with Crippen LogP contribution in [0.1, 0.15) is 5.56 Å². The Hall–Kier alpha value is -2.09. The first kappa shape index (κ1) is 12.4. The van der Waals surface area contributed by atoms with Gasteiger partial charge in [0.15, 0.2) is 0 Å². The third-order valence-electron chi connectivity index (χ3n) is 2.29. The first-order chi connectivity index (χ1) is 8.40. The molecule has 0 bridgehead atoms. The largest absolute Gasteiger partial charge is 0.383 e. The molecule has 0 unspecified atom stereocenters. The van der Waals surface area contributed by atoms with Crippen molar-refractivity contribution in [3.63, 3.8) is 0 Å². The Morgan fingerprint density at radius 1 is 1.44 bits per heavy atom. The Balaban J connectivity index is 2.40. The second-order valence-electron chi connectivity index (χ2n) is 3.74. The summed E-state index contributed by atoms with van der Waals surface area (Å²) in [7, 11) is -3.95. The number of rotatable bonds is 3. The van der Waals surface area contributed by atoms with Crippen LogP contribution in [0, 0.1) is 12.7 Å². The van der Waals surface area contributed by atoms with Gasteiger partial charge in [-0.1, -0.05) is 6.07 Å². The van der Waals surface area contributed by atoms with Gasteiger partial charge in [-0.15, -0.1) is 0 Å². The van der Waals surface area contributed by atoms with E-state index in [-0.39, 0.29) is 16.4 Å². The van der Waals surface area contributed by atoms with E-state index >= 15 is 0 Å². The number of sulfonamides is 1. The van der Waals surface area contributed by atoms with Gasteiger partial charge in [0, 0.05) is 0 Å². The minimum atomic E-state index is -3.95. The highest BCUT2D eigenvalue weighted by Gasteiger charge is 2.20. The summed E-state index contributed by atoms with van der Waals surface area (Å²) in [6.07, 6.45) is 1.06. The first-order valence-corrected chi connectivity index (χ1v) is 6.46. The van der Waals surface area contributed by atoms with Crippen molar-refractivity contribution in [3.05, 3.63) is 35.8 Å². The lowest BCUT2D eigenvalue weighted by molar-refractivity contribution is 0.599. The fourth-order valence-electron chi connectivity index (χ4n) is 1.42. The number of nitrogens with zero attached hydrogens (tertiary/aromatic N) is 1. The average molecular weight is 270 g/mol. The highest BCUT2D eigenvalue weighted by atomic mass is 32.2. The van der Waals surface area contributed by atoms with E-state index in [0.717, 1.165) is 11.8 Å². The van der Waals surface area contributed by atoms with E-state index in [1.807, 2.05) is 0 Å². The number of aromatic amines is 1. The molecule has 2 aromatic rings. The third kappa shape index (κ3) is 2.28. The molecule has 1 aromatic carbocycles. The summed E-state index contributed by atoms with van der Waals surface area (Å²) in [5.74, 6) is -0.762. The number of nitrogens with two attached hydrogens (primary N) is 1. The molecule has 0 saturated heterocycles. The maximum absolute atomic E-state index is 13.5. The lowest BCUT2D eigenvalue weighted by Crippen LogP contribution is -2.15. The average Bonchev–Trinajstić information content (AvgIpc) is 2.70. The van der Waals surface area contributed by atoms with Gasteiger partial charge >= 0.3 is 0 Å². The normalized spacial score (nSPS) is 11.4.